The molecule has 1 saturated heterocycles. The maximum Gasteiger partial charge on any atom is 0.303 e. The molecular formula is C14H16N2O2S. The molecule has 1 aliphatic rings. The molecule has 4 nitrogen and oxygen atoms in total. The zero-order chi connectivity index (χ0) is 13.2. The van der Waals surface area contributed by atoms with Crippen LogP contribution in [0, 0.1) is 5.92 Å². The molecular weight excluding hydrogens is 260 g/mol. The lowest BCUT2D eigenvalue weighted by atomic mass is 9.95. The highest BCUT2D eigenvalue weighted by molar-refractivity contribution is 7.22. The number of aliphatic carboxylic acids is 1. The zero-order valence-corrected chi connectivity index (χ0v) is 11.4. The summed E-state index contributed by atoms with van der Waals surface area (Å²) in [6.07, 6.45) is 2.32. The number of fused-ring (bicyclic) bond motifs is 1. The molecule has 1 aromatic heterocycles. The number of rotatable bonds is 3. The third kappa shape index (κ3) is 2.71. The number of carboxylic acid groups (broad SMARTS) is 1. The number of nitrogens with zero attached hydrogens (tertiary/aromatic N) is 2. The maximum atomic E-state index is 10.8. The molecule has 1 atom stereocenters. The van der Waals surface area contributed by atoms with Gasteiger partial charge in [-0.25, -0.2) is 4.98 Å². The summed E-state index contributed by atoms with van der Waals surface area (Å²) in [5.41, 5.74) is 1.03. The van der Waals surface area contributed by atoms with E-state index in [9.17, 15) is 4.79 Å². The van der Waals surface area contributed by atoms with Crippen LogP contribution in [-0.2, 0) is 4.79 Å². The molecule has 0 saturated carbocycles. The van der Waals surface area contributed by atoms with Crippen LogP contribution in [0.5, 0.6) is 0 Å². The van der Waals surface area contributed by atoms with Gasteiger partial charge in [0.1, 0.15) is 0 Å². The summed E-state index contributed by atoms with van der Waals surface area (Å²) in [5, 5.41) is 9.93. The summed E-state index contributed by atoms with van der Waals surface area (Å²) in [7, 11) is 0. The molecule has 1 fully saturated rings. The lowest BCUT2D eigenvalue weighted by Crippen LogP contribution is -2.36. The fourth-order valence-corrected chi connectivity index (χ4v) is 3.65. The van der Waals surface area contributed by atoms with Gasteiger partial charge >= 0.3 is 5.97 Å². The first-order valence-electron chi connectivity index (χ1n) is 6.54. The van der Waals surface area contributed by atoms with Crippen molar-refractivity contribution < 1.29 is 9.90 Å². The number of anilines is 1. The van der Waals surface area contributed by atoms with E-state index in [2.05, 4.69) is 16.0 Å². The van der Waals surface area contributed by atoms with E-state index in [-0.39, 0.29) is 12.3 Å². The average molecular weight is 276 g/mol. The minimum absolute atomic E-state index is 0.248. The predicted molar refractivity (Wildman–Crippen MR) is 76.8 cm³/mol. The van der Waals surface area contributed by atoms with Gasteiger partial charge in [-0.15, -0.1) is 0 Å². The highest BCUT2D eigenvalue weighted by atomic mass is 32.1. The number of piperidine rings is 1. The smallest absolute Gasteiger partial charge is 0.303 e. The Balaban J connectivity index is 1.79. The van der Waals surface area contributed by atoms with Crippen molar-refractivity contribution in [3.8, 4) is 0 Å². The van der Waals surface area contributed by atoms with Crippen LogP contribution in [0.1, 0.15) is 19.3 Å². The van der Waals surface area contributed by atoms with E-state index in [4.69, 9.17) is 5.11 Å². The highest BCUT2D eigenvalue weighted by Crippen LogP contribution is 2.31. The number of para-hydroxylation sites is 1. The molecule has 2 aromatic rings. The number of carbonyl (C=O) groups is 1. The van der Waals surface area contributed by atoms with Crippen molar-refractivity contribution in [1.82, 2.24) is 4.98 Å². The van der Waals surface area contributed by atoms with Crippen molar-refractivity contribution in [2.45, 2.75) is 19.3 Å². The van der Waals surface area contributed by atoms with Crippen LogP contribution in [0.4, 0.5) is 5.13 Å². The first-order valence-corrected chi connectivity index (χ1v) is 7.36. The number of hydrogen-bond acceptors (Lipinski definition) is 4. The monoisotopic (exact) mass is 276 g/mol. The van der Waals surface area contributed by atoms with E-state index in [1.807, 2.05) is 18.2 Å². The highest BCUT2D eigenvalue weighted by Gasteiger charge is 2.23. The predicted octanol–water partition coefficient (Wildman–Crippen LogP) is 2.99. The second-order valence-corrected chi connectivity index (χ2v) is 6.03. The molecule has 3 rings (SSSR count). The number of benzene rings is 1. The van der Waals surface area contributed by atoms with Gasteiger partial charge in [0.2, 0.25) is 0 Å². The van der Waals surface area contributed by atoms with Crippen molar-refractivity contribution in [1.29, 1.82) is 0 Å². The van der Waals surface area contributed by atoms with Crippen molar-refractivity contribution in [3.63, 3.8) is 0 Å². The second-order valence-electron chi connectivity index (χ2n) is 5.02. The summed E-state index contributed by atoms with van der Waals surface area (Å²) in [4.78, 5) is 17.7. The van der Waals surface area contributed by atoms with Gasteiger partial charge < -0.3 is 10.0 Å². The Labute approximate surface area is 115 Å². The van der Waals surface area contributed by atoms with Gasteiger partial charge in [-0.05, 0) is 30.9 Å². The van der Waals surface area contributed by atoms with Crippen molar-refractivity contribution in [2.75, 3.05) is 18.0 Å². The summed E-state index contributed by atoms with van der Waals surface area (Å²) in [5.74, 6) is -0.450. The van der Waals surface area contributed by atoms with Gasteiger partial charge in [-0.1, -0.05) is 23.5 Å². The van der Waals surface area contributed by atoms with Gasteiger partial charge in [-0.2, -0.15) is 0 Å². The fraction of sp³-hybridized carbons (Fsp3) is 0.429. The Morgan fingerprint density at radius 2 is 2.32 bits per heavy atom. The maximum absolute atomic E-state index is 10.8. The molecule has 19 heavy (non-hydrogen) atoms. The standard InChI is InChI=1S/C14H16N2O2S/c17-13(18)8-10-4-3-7-16(9-10)14-15-11-5-1-2-6-12(11)19-14/h1-2,5-6,10H,3-4,7-9H2,(H,17,18). The van der Waals surface area contributed by atoms with Crippen molar-refractivity contribution >= 4 is 32.7 Å². The number of hydrogen-bond donors (Lipinski definition) is 1. The Morgan fingerprint density at radius 3 is 3.11 bits per heavy atom. The summed E-state index contributed by atoms with van der Waals surface area (Å²) in [6, 6.07) is 8.12. The van der Waals surface area contributed by atoms with E-state index < -0.39 is 5.97 Å². The van der Waals surface area contributed by atoms with Crippen LogP contribution < -0.4 is 4.90 Å². The molecule has 0 radical (unpaired) electrons. The molecule has 0 aliphatic carbocycles. The van der Waals surface area contributed by atoms with E-state index in [1.165, 1.54) is 4.70 Å². The van der Waals surface area contributed by atoms with Crippen LogP contribution >= 0.6 is 11.3 Å². The van der Waals surface area contributed by atoms with Crippen LogP contribution in [0.2, 0.25) is 0 Å². The molecule has 5 heteroatoms. The van der Waals surface area contributed by atoms with E-state index in [0.717, 1.165) is 36.6 Å². The third-order valence-electron chi connectivity index (χ3n) is 3.54. The molecule has 1 aliphatic heterocycles. The number of carboxylic acids is 1. The summed E-state index contributed by atoms with van der Waals surface area (Å²) in [6.45, 7) is 1.79. The molecule has 100 valence electrons. The third-order valence-corrected chi connectivity index (χ3v) is 4.63. The van der Waals surface area contributed by atoms with E-state index in [1.54, 1.807) is 11.3 Å². The molecule has 1 aromatic carbocycles. The summed E-state index contributed by atoms with van der Waals surface area (Å²) >= 11 is 1.69. The van der Waals surface area contributed by atoms with Crippen LogP contribution in [-0.4, -0.2) is 29.1 Å². The van der Waals surface area contributed by atoms with Crippen molar-refractivity contribution in [3.05, 3.63) is 24.3 Å². The minimum atomic E-state index is -0.698. The number of aromatic nitrogens is 1. The molecule has 0 bridgehead atoms. The second kappa shape index (κ2) is 5.17. The van der Waals surface area contributed by atoms with Gasteiger partial charge in [0.05, 0.1) is 10.2 Å². The zero-order valence-electron chi connectivity index (χ0n) is 10.6. The number of thiazole rings is 1. The molecule has 2 heterocycles. The lowest BCUT2D eigenvalue weighted by molar-refractivity contribution is -0.138. The average Bonchev–Trinajstić information content (AvgIpc) is 2.82. The van der Waals surface area contributed by atoms with Gasteiger partial charge in [0.15, 0.2) is 5.13 Å². The van der Waals surface area contributed by atoms with Crippen molar-refractivity contribution in [2.24, 2.45) is 5.92 Å². The first-order chi connectivity index (χ1) is 9.22. The van der Waals surface area contributed by atoms with E-state index in [0.29, 0.717) is 0 Å². The SMILES string of the molecule is O=C(O)CC1CCCN(c2nc3ccccc3s2)C1. The topological polar surface area (TPSA) is 53.4 Å². The quantitative estimate of drug-likeness (QED) is 0.936. The van der Waals surface area contributed by atoms with Gasteiger partial charge in [-0.3, -0.25) is 4.79 Å². The van der Waals surface area contributed by atoms with Crippen LogP contribution in [0.3, 0.4) is 0 Å². The minimum Gasteiger partial charge on any atom is -0.481 e. The molecule has 0 spiro atoms. The van der Waals surface area contributed by atoms with Gasteiger partial charge in [0, 0.05) is 19.5 Å². The first kappa shape index (κ1) is 12.4. The lowest BCUT2D eigenvalue weighted by Gasteiger charge is -2.31. The molecule has 1 unspecified atom stereocenters. The Morgan fingerprint density at radius 1 is 1.47 bits per heavy atom. The van der Waals surface area contributed by atoms with Crippen LogP contribution in [0.25, 0.3) is 10.2 Å². The molecule has 0 amide bonds. The summed E-state index contributed by atoms with van der Waals surface area (Å²) < 4.78 is 1.19. The van der Waals surface area contributed by atoms with E-state index >= 15 is 0 Å². The molecule has 1 N–H and O–H groups in total. The Hall–Kier alpha value is -1.62. The Bertz CT molecular complexity index is 563. The normalized spacial score (nSPS) is 19.8. The Kier molecular flexibility index (Phi) is 3.38. The fourth-order valence-electron chi connectivity index (χ4n) is 2.65. The van der Waals surface area contributed by atoms with Gasteiger partial charge in [0.25, 0.3) is 0 Å². The largest absolute Gasteiger partial charge is 0.481 e. The van der Waals surface area contributed by atoms with Crippen LogP contribution in [0.15, 0.2) is 24.3 Å².